The molecular weight excluding hydrogens is 494 g/mol. The van der Waals surface area contributed by atoms with Gasteiger partial charge in [-0.2, -0.15) is 0 Å². The zero-order valence-electron chi connectivity index (χ0n) is 15.2. The normalized spacial score (nSPS) is 11.0. The number of hydrogen-bond acceptors (Lipinski definition) is 6. The molecule has 0 aliphatic rings. The number of thiophene rings is 1. The Bertz CT molecular complexity index is 1350. The molecule has 0 atom stereocenters. The lowest BCUT2D eigenvalue weighted by molar-refractivity contribution is -0.143. The standard InChI is InChI=1S/C20H13BrClN3O4S/c21-11-5-6-15-24-12(7-16(26)25(15)9-11)10-29-17(27)8-23-20(28)19-18(22)13-3-1-2-4-14(13)30-19/h1-7,9H,8,10H2,(H,23,28). The third-order valence-electron chi connectivity index (χ3n) is 4.19. The highest BCUT2D eigenvalue weighted by Crippen LogP contribution is 2.34. The fourth-order valence-corrected chi connectivity index (χ4v) is 4.57. The van der Waals surface area contributed by atoms with E-state index in [1.165, 1.54) is 21.8 Å². The van der Waals surface area contributed by atoms with Crippen molar-refractivity contribution in [2.24, 2.45) is 0 Å². The molecular formula is C20H13BrClN3O4S. The Labute approximate surface area is 187 Å². The van der Waals surface area contributed by atoms with Gasteiger partial charge < -0.3 is 10.1 Å². The molecule has 0 radical (unpaired) electrons. The Kier molecular flexibility index (Phi) is 5.85. The molecule has 0 saturated heterocycles. The van der Waals surface area contributed by atoms with Crippen LogP contribution in [0, 0.1) is 0 Å². The van der Waals surface area contributed by atoms with Crippen LogP contribution in [-0.4, -0.2) is 27.8 Å². The molecule has 0 bridgehead atoms. The molecule has 0 fully saturated rings. The smallest absolute Gasteiger partial charge is 0.325 e. The van der Waals surface area contributed by atoms with Gasteiger partial charge in [0.1, 0.15) is 23.7 Å². The van der Waals surface area contributed by atoms with Gasteiger partial charge in [-0.1, -0.05) is 29.8 Å². The first-order valence-corrected chi connectivity index (χ1v) is 10.7. The summed E-state index contributed by atoms with van der Waals surface area (Å²) in [6, 6.07) is 12.1. The van der Waals surface area contributed by atoms with Crippen molar-refractivity contribution in [2.45, 2.75) is 6.61 Å². The van der Waals surface area contributed by atoms with E-state index in [1.807, 2.05) is 24.3 Å². The summed E-state index contributed by atoms with van der Waals surface area (Å²) in [4.78, 5) is 41.2. The number of benzene rings is 1. The lowest BCUT2D eigenvalue weighted by Crippen LogP contribution is -2.30. The van der Waals surface area contributed by atoms with Crippen molar-refractivity contribution < 1.29 is 14.3 Å². The van der Waals surface area contributed by atoms with Gasteiger partial charge in [0, 0.05) is 26.8 Å². The molecule has 4 rings (SSSR count). The van der Waals surface area contributed by atoms with Crippen LogP contribution in [0.3, 0.4) is 0 Å². The number of carbonyl (C=O) groups excluding carboxylic acids is 2. The van der Waals surface area contributed by atoms with Gasteiger partial charge in [0.25, 0.3) is 11.5 Å². The number of fused-ring (bicyclic) bond motifs is 2. The predicted octanol–water partition coefficient (Wildman–Crippen LogP) is 3.80. The van der Waals surface area contributed by atoms with Crippen LogP contribution >= 0.6 is 38.9 Å². The minimum atomic E-state index is -0.654. The molecule has 1 amide bonds. The van der Waals surface area contributed by atoms with Crippen LogP contribution in [-0.2, 0) is 16.1 Å². The van der Waals surface area contributed by atoms with E-state index >= 15 is 0 Å². The van der Waals surface area contributed by atoms with E-state index in [0.717, 1.165) is 14.6 Å². The Morgan fingerprint density at radius 1 is 1.23 bits per heavy atom. The van der Waals surface area contributed by atoms with E-state index in [0.29, 0.717) is 21.2 Å². The fraction of sp³-hybridized carbons (Fsp3) is 0.100. The molecule has 152 valence electrons. The molecule has 3 aromatic heterocycles. The number of hydrogen-bond donors (Lipinski definition) is 1. The topological polar surface area (TPSA) is 89.8 Å². The number of esters is 1. The van der Waals surface area contributed by atoms with Gasteiger partial charge in [-0.05, 0) is 34.1 Å². The first kappa shape index (κ1) is 20.5. The van der Waals surface area contributed by atoms with Gasteiger partial charge in [0.05, 0.1) is 10.7 Å². The molecule has 3 heterocycles. The van der Waals surface area contributed by atoms with Crippen LogP contribution in [0.1, 0.15) is 15.4 Å². The summed E-state index contributed by atoms with van der Waals surface area (Å²) in [5, 5.41) is 3.65. The van der Waals surface area contributed by atoms with E-state index < -0.39 is 11.9 Å². The summed E-state index contributed by atoms with van der Waals surface area (Å²) in [6.45, 7) is -0.511. The van der Waals surface area contributed by atoms with E-state index in [9.17, 15) is 14.4 Å². The van der Waals surface area contributed by atoms with Gasteiger partial charge in [0.15, 0.2) is 0 Å². The van der Waals surface area contributed by atoms with Crippen LogP contribution in [0.5, 0.6) is 0 Å². The molecule has 1 N–H and O–H groups in total. The van der Waals surface area contributed by atoms with Crippen molar-refractivity contribution >= 4 is 66.5 Å². The summed E-state index contributed by atoms with van der Waals surface area (Å²) in [6.07, 6.45) is 1.61. The molecule has 0 saturated carbocycles. The van der Waals surface area contributed by atoms with Crippen LogP contribution in [0.2, 0.25) is 5.02 Å². The minimum absolute atomic E-state index is 0.180. The summed E-state index contributed by atoms with van der Waals surface area (Å²) < 4.78 is 8.14. The Morgan fingerprint density at radius 2 is 2.03 bits per heavy atom. The van der Waals surface area contributed by atoms with Gasteiger partial charge in [0.2, 0.25) is 0 Å². The lowest BCUT2D eigenvalue weighted by Gasteiger charge is -2.07. The van der Waals surface area contributed by atoms with Gasteiger partial charge in [-0.25, -0.2) is 4.98 Å². The largest absolute Gasteiger partial charge is 0.458 e. The Hall–Kier alpha value is -2.75. The van der Waals surface area contributed by atoms with Crippen molar-refractivity contribution in [1.29, 1.82) is 0 Å². The van der Waals surface area contributed by atoms with Crippen LogP contribution in [0.25, 0.3) is 15.7 Å². The molecule has 1 aromatic carbocycles. The SMILES string of the molecule is O=C(CNC(=O)c1sc2ccccc2c1Cl)OCc1cc(=O)n2cc(Br)ccc2n1. The molecule has 0 aliphatic heterocycles. The number of carbonyl (C=O) groups is 2. The lowest BCUT2D eigenvalue weighted by atomic mass is 10.2. The maximum Gasteiger partial charge on any atom is 0.325 e. The van der Waals surface area contributed by atoms with Crippen molar-refractivity contribution in [1.82, 2.24) is 14.7 Å². The summed E-state index contributed by atoms with van der Waals surface area (Å²) in [7, 11) is 0. The van der Waals surface area contributed by atoms with Crippen molar-refractivity contribution in [3.05, 3.63) is 79.1 Å². The number of ether oxygens (including phenoxy) is 1. The van der Waals surface area contributed by atoms with E-state index in [4.69, 9.17) is 16.3 Å². The number of amides is 1. The zero-order chi connectivity index (χ0) is 21.3. The monoisotopic (exact) mass is 505 g/mol. The number of nitrogens with zero attached hydrogens (tertiary/aromatic N) is 2. The summed E-state index contributed by atoms with van der Waals surface area (Å²) in [5.74, 6) is -1.11. The van der Waals surface area contributed by atoms with E-state index in [2.05, 4.69) is 26.2 Å². The summed E-state index contributed by atoms with van der Waals surface area (Å²) in [5.41, 5.74) is 0.457. The second-order valence-electron chi connectivity index (χ2n) is 6.25. The molecule has 7 nitrogen and oxygen atoms in total. The molecule has 30 heavy (non-hydrogen) atoms. The third kappa shape index (κ3) is 4.23. The molecule has 4 aromatic rings. The highest BCUT2D eigenvalue weighted by atomic mass is 79.9. The van der Waals surface area contributed by atoms with Gasteiger partial charge in [-0.3, -0.25) is 18.8 Å². The third-order valence-corrected chi connectivity index (χ3v) is 6.34. The number of nitrogens with one attached hydrogen (secondary N) is 1. The Balaban J connectivity index is 1.37. The average molecular weight is 507 g/mol. The second-order valence-corrected chi connectivity index (χ2v) is 8.59. The van der Waals surface area contributed by atoms with Crippen LogP contribution < -0.4 is 10.9 Å². The first-order chi connectivity index (χ1) is 14.4. The maximum atomic E-state index is 12.4. The van der Waals surface area contributed by atoms with Gasteiger partial charge in [-0.15, -0.1) is 11.3 Å². The van der Waals surface area contributed by atoms with Crippen molar-refractivity contribution in [2.75, 3.05) is 6.54 Å². The predicted molar refractivity (Wildman–Crippen MR) is 118 cm³/mol. The van der Waals surface area contributed by atoms with E-state index in [1.54, 1.807) is 18.3 Å². The highest BCUT2D eigenvalue weighted by Gasteiger charge is 2.18. The fourth-order valence-electron chi connectivity index (χ4n) is 2.80. The zero-order valence-corrected chi connectivity index (χ0v) is 18.4. The first-order valence-electron chi connectivity index (χ1n) is 8.71. The van der Waals surface area contributed by atoms with Crippen molar-refractivity contribution in [3.63, 3.8) is 0 Å². The van der Waals surface area contributed by atoms with Gasteiger partial charge >= 0.3 is 5.97 Å². The molecule has 0 spiro atoms. The van der Waals surface area contributed by atoms with Crippen LogP contribution in [0.4, 0.5) is 0 Å². The molecule has 0 unspecified atom stereocenters. The quantitative estimate of drug-likeness (QED) is 0.416. The molecule has 0 aliphatic carbocycles. The van der Waals surface area contributed by atoms with E-state index in [-0.39, 0.29) is 18.7 Å². The van der Waals surface area contributed by atoms with Crippen molar-refractivity contribution in [3.8, 4) is 0 Å². The molecule has 10 heteroatoms. The summed E-state index contributed by atoms with van der Waals surface area (Å²) >= 11 is 10.8. The maximum absolute atomic E-state index is 12.4. The van der Waals surface area contributed by atoms with Crippen LogP contribution in [0.15, 0.2) is 57.9 Å². The Morgan fingerprint density at radius 3 is 2.83 bits per heavy atom. The number of halogens is 2. The minimum Gasteiger partial charge on any atom is -0.458 e. The number of rotatable bonds is 5. The second kappa shape index (κ2) is 8.55. The average Bonchev–Trinajstić information content (AvgIpc) is 3.08. The number of aromatic nitrogens is 2. The highest BCUT2D eigenvalue weighted by molar-refractivity contribution is 9.10. The number of pyridine rings is 1.